The summed E-state index contributed by atoms with van der Waals surface area (Å²) in [6.07, 6.45) is 1.37. The van der Waals surface area contributed by atoms with E-state index in [-0.39, 0.29) is 18.0 Å². The molecule has 0 saturated heterocycles. The summed E-state index contributed by atoms with van der Waals surface area (Å²) in [5.41, 5.74) is 2.24. The smallest absolute Gasteiger partial charge is 0.304 e. The average Bonchev–Trinajstić information content (AvgIpc) is 2.77. The van der Waals surface area contributed by atoms with Crippen molar-refractivity contribution in [1.29, 1.82) is 0 Å². The molecule has 1 aliphatic rings. The molecule has 8 heteroatoms. The number of nitrogens with two attached hydrogens (primary N) is 1. The Kier molecular flexibility index (Phi) is 5.32. The quantitative estimate of drug-likeness (QED) is 0.564. The molecule has 0 unspecified atom stereocenters. The third kappa shape index (κ3) is 3.62. The topological polar surface area (TPSA) is 64.9 Å². The van der Waals surface area contributed by atoms with Gasteiger partial charge in [-0.25, -0.2) is 18.0 Å². The monoisotopic (exact) mass is 412 g/mol. The van der Waals surface area contributed by atoms with Gasteiger partial charge in [0, 0.05) is 17.3 Å². The Morgan fingerprint density at radius 1 is 1.17 bits per heavy atom. The van der Waals surface area contributed by atoms with Crippen LogP contribution in [0.1, 0.15) is 37.6 Å². The summed E-state index contributed by atoms with van der Waals surface area (Å²) in [6.45, 7) is 10.2. The van der Waals surface area contributed by atoms with Crippen LogP contribution in [0.2, 0.25) is 0 Å². The number of alkyl halides is 2. The lowest BCUT2D eigenvalue weighted by atomic mass is 9.77. The van der Waals surface area contributed by atoms with Crippen LogP contribution < -0.4 is 5.73 Å². The summed E-state index contributed by atoms with van der Waals surface area (Å²) < 4.78 is 50.9. The first kappa shape index (κ1) is 21.4. The lowest BCUT2D eigenvalue weighted by Gasteiger charge is -2.41. The van der Waals surface area contributed by atoms with Crippen LogP contribution in [0.25, 0.3) is 4.85 Å². The zero-order valence-electron chi connectivity index (χ0n) is 16.6. The van der Waals surface area contributed by atoms with Crippen molar-refractivity contribution in [2.75, 3.05) is 6.61 Å². The molecule has 5 nitrogen and oxygen atoms in total. The maximum Gasteiger partial charge on any atom is 0.304 e. The summed E-state index contributed by atoms with van der Waals surface area (Å²) in [7, 11) is 0. The maximum absolute atomic E-state index is 15.5. The molecular weight excluding hydrogens is 393 g/mol. The van der Waals surface area contributed by atoms with Crippen LogP contribution in [0.4, 0.5) is 18.9 Å². The Morgan fingerprint density at radius 3 is 2.53 bits per heavy atom. The molecule has 3 rings (SSSR count). The fourth-order valence-electron chi connectivity index (χ4n) is 3.19. The van der Waals surface area contributed by atoms with Crippen molar-refractivity contribution in [1.82, 2.24) is 4.98 Å². The summed E-state index contributed by atoms with van der Waals surface area (Å²) in [5.74, 6) is 0.979. The molecule has 0 radical (unpaired) electrons. The number of hydrogen-bond donors (Lipinski definition) is 1. The number of halogens is 3. The van der Waals surface area contributed by atoms with Crippen LogP contribution >= 0.6 is 0 Å². The van der Waals surface area contributed by atoms with E-state index in [4.69, 9.17) is 17.0 Å². The summed E-state index contributed by atoms with van der Waals surface area (Å²) in [4.78, 5) is 11.2. The van der Waals surface area contributed by atoms with E-state index in [9.17, 15) is 4.39 Å². The third-order valence-corrected chi connectivity index (χ3v) is 5.02. The van der Waals surface area contributed by atoms with Crippen molar-refractivity contribution in [3.63, 3.8) is 0 Å². The molecule has 0 aliphatic carbocycles. The van der Waals surface area contributed by atoms with Gasteiger partial charge in [0.2, 0.25) is 5.69 Å². The Labute approximate surface area is 172 Å². The lowest BCUT2D eigenvalue weighted by molar-refractivity contribution is -0.214. The van der Waals surface area contributed by atoms with Gasteiger partial charge in [0.15, 0.2) is 5.54 Å². The normalized spacial score (nSPS) is 22.1. The van der Waals surface area contributed by atoms with Crippen molar-refractivity contribution in [2.24, 2.45) is 10.7 Å². The van der Waals surface area contributed by atoms with Gasteiger partial charge in [0.05, 0.1) is 6.57 Å². The van der Waals surface area contributed by atoms with E-state index in [2.05, 4.69) is 26.7 Å². The second-order valence-electron chi connectivity index (χ2n) is 7.51. The van der Waals surface area contributed by atoms with Crippen LogP contribution in [0.3, 0.4) is 0 Å². The highest BCUT2D eigenvalue weighted by Crippen LogP contribution is 2.50. The molecule has 0 amide bonds. The van der Waals surface area contributed by atoms with Gasteiger partial charge in [-0.05, 0) is 51.0 Å². The molecule has 1 atom stereocenters. The number of pyridine rings is 1. The van der Waals surface area contributed by atoms with E-state index in [1.807, 2.05) is 0 Å². The largest absolute Gasteiger partial charge is 0.385 e. The number of aromatic nitrogens is 1. The van der Waals surface area contributed by atoms with Crippen molar-refractivity contribution in [3.05, 3.63) is 70.6 Å². The summed E-state index contributed by atoms with van der Waals surface area (Å²) >= 11 is 0. The molecule has 154 valence electrons. The molecule has 1 aliphatic heterocycles. The van der Waals surface area contributed by atoms with Gasteiger partial charge in [-0.1, -0.05) is 12.0 Å². The predicted molar refractivity (Wildman–Crippen MR) is 107 cm³/mol. The number of aliphatic imine (C=N–C) groups is 1. The van der Waals surface area contributed by atoms with Crippen molar-refractivity contribution in [3.8, 4) is 11.8 Å². The highest BCUT2D eigenvalue weighted by atomic mass is 19.3. The number of nitrogens with zero attached hydrogens (tertiary/aromatic N) is 3. The Balaban J connectivity index is 2.09. The molecule has 0 bridgehead atoms. The Morgan fingerprint density at radius 2 is 1.90 bits per heavy atom. The predicted octanol–water partition coefficient (Wildman–Crippen LogP) is 4.19. The first-order valence-electron chi connectivity index (χ1n) is 9.02. The van der Waals surface area contributed by atoms with E-state index < -0.39 is 22.9 Å². The van der Waals surface area contributed by atoms with Crippen molar-refractivity contribution < 1.29 is 17.9 Å². The second-order valence-corrected chi connectivity index (χ2v) is 7.51. The second kappa shape index (κ2) is 7.47. The molecule has 0 fully saturated rings. The fourth-order valence-corrected chi connectivity index (χ4v) is 3.19. The van der Waals surface area contributed by atoms with Gasteiger partial charge >= 0.3 is 5.92 Å². The molecule has 0 saturated carbocycles. The van der Waals surface area contributed by atoms with E-state index in [0.29, 0.717) is 16.9 Å². The first-order valence-corrected chi connectivity index (χ1v) is 9.02. The van der Waals surface area contributed by atoms with Crippen molar-refractivity contribution in [2.45, 2.75) is 37.8 Å². The number of benzene rings is 1. The minimum Gasteiger partial charge on any atom is -0.385 e. The van der Waals surface area contributed by atoms with Gasteiger partial charge in [-0.15, -0.1) is 0 Å². The Hall–Kier alpha value is -3.36. The number of amidine groups is 1. The molecule has 1 aromatic heterocycles. The standard InChI is InChI=1S/C22H19F3N4O/c1-20(2)22(24,25)21(3,29-19(26)13-30-20)17-11-14(6-10-18(17)23)5-7-15-8-9-16(27-4)12-28-15/h6,8-12H,13H2,1-3H3,(H2,26,29)/t21-/m1/s1. The molecule has 2 heterocycles. The molecule has 30 heavy (non-hydrogen) atoms. The highest BCUT2D eigenvalue weighted by Gasteiger charge is 2.63. The van der Waals surface area contributed by atoms with Gasteiger partial charge in [-0.2, -0.15) is 0 Å². The van der Waals surface area contributed by atoms with Crippen LogP contribution in [-0.4, -0.2) is 29.0 Å². The summed E-state index contributed by atoms with van der Waals surface area (Å²) in [5, 5.41) is 0. The molecule has 2 N–H and O–H groups in total. The highest BCUT2D eigenvalue weighted by molar-refractivity contribution is 5.82. The lowest BCUT2D eigenvalue weighted by Crippen LogP contribution is -2.56. The summed E-state index contributed by atoms with van der Waals surface area (Å²) in [6, 6.07) is 6.82. The van der Waals surface area contributed by atoms with E-state index in [1.165, 1.54) is 32.2 Å². The van der Waals surface area contributed by atoms with E-state index in [1.54, 1.807) is 12.1 Å². The SMILES string of the molecule is [C-]#[N+]c1ccc(C#Cc2ccc(F)c([C@@]3(C)N=C(N)COC(C)(C)C3(F)F)c2)nc1. The van der Waals surface area contributed by atoms with Crippen LogP contribution in [-0.2, 0) is 10.3 Å². The number of ether oxygens (including phenoxy) is 1. The number of hydrogen-bond acceptors (Lipinski definition) is 4. The molecule has 2 aromatic rings. The third-order valence-electron chi connectivity index (χ3n) is 5.02. The minimum absolute atomic E-state index is 0.150. The van der Waals surface area contributed by atoms with Crippen LogP contribution in [0.15, 0.2) is 41.5 Å². The van der Waals surface area contributed by atoms with Gasteiger partial charge in [0.1, 0.15) is 29.6 Å². The minimum atomic E-state index is -3.58. The zero-order chi connectivity index (χ0) is 22.2. The van der Waals surface area contributed by atoms with Gasteiger partial charge in [-0.3, -0.25) is 9.98 Å². The van der Waals surface area contributed by atoms with Crippen LogP contribution in [0, 0.1) is 24.2 Å². The fraction of sp³-hybridized carbons (Fsp3) is 0.318. The molecule has 1 aromatic carbocycles. The number of rotatable bonds is 1. The van der Waals surface area contributed by atoms with Gasteiger partial charge < -0.3 is 10.5 Å². The average molecular weight is 412 g/mol. The van der Waals surface area contributed by atoms with Gasteiger partial charge in [0.25, 0.3) is 0 Å². The molecule has 0 spiro atoms. The first-order chi connectivity index (χ1) is 14.0. The Bertz CT molecular complexity index is 1110. The van der Waals surface area contributed by atoms with Crippen molar-refractivity contribution >= 4 is 11.5 Å². The zero-order valence-corrected chi connectivity index (χ0v) is 16.6. The maximum atomic E-state index is 15.5. The van der Waals surface area contributed by atoms with Crippen LogP contribution in [0.5, 0.6) is 0 Å². The van der Waals surface area contributed by atoms with E-state index >= 15 is 8.78 Å². The van der Waals surface area contributed by atoms with E-state index in [0.717, 1.165) is 13.0 Å². The molecular formula is C22H19F3N4O.